The lowest BCUT2D eigenvalue weighted by Gasteiger charge is -2.23. The first kappa shape index (κ1) is 20.5. The molecule has 0 unspecified atom stereocenters. The minimum absolute atomic E-state index is 0.690. The topological polar surface area (TPSA) is 53.4 Å². The average molecular weight is 388 g/mol. The molecule has 1 aromatic heterocycles. The van der Waals surface area contributed by atoms with Gasteiger partial charge in [-0.1, -0.05) is 74.0 Å². The molecule has 29 heavy (non-hydrogen) atoms. The molecule has 3 rings (SSSR count). The highest BCUT2D eigenvalue weighted by Crippen LogP contribution is 2.23. The Morgan fingerprint density at radius 2 is 1.69 bits per heavy atom. The summed E-state index contributed by atoms with van der Waals surface area (Å²) < 4.78 is 0. The summed E-state index contributed by atoms with van der Waals surface area (Å²) in [6, 6.07) is 20.3. The van der Waals surface area contributed by atoms with Crippen LogP contribution < -0.4 is 10.3 Å². The van der Waals surface area contributed by atoms with Crippen LogP contribution in [-0.2, 0) is 0 Å². The fourth-order valence-electron chi connectivity index (χ4n) is 3.17. The molecule has 0 aliphatic carbocycles. The number of hydrogen-bond acceptors (Lipinski definition) is 5. The van der Waals surface area contributed by atoms with E-state index in [0.29, 0.717) is 11.6 Å². The van der Waals surface area contributed by atoms with Gasteiger partial charge in [0.25, 0.3) is 0 Å². The van der Waals surface area contributed by atoms with Crippen molar-refractivity contribution < 1.29 is 0 Å². The zero-order valence-corrected chi connectivity index (χ0v) is 17.5. The van der Waals surface area contributed by atoms with E-state index in [9.17, 15) is 0 Å². The van der Waals surface area contributed by atoms with Crippen LogP contribution in [0.1, 0.15) is 37.8 Å². The normalized spacial score (nSPS) is 11.0. The van der Waals surface area contributed by atoms with E-state index in [1.54, 1.807) is 0 Å². The number of hydrogen-bond donors (Lipinski definition) is 1. The maximum Gasteiger partial charge on any atom is 0.163 e. The third-order valence-electron chi connectivity index (χ3n) is 4.49. The second-order valence-electron chi connectivity index (χ2n) is 7.07. The molecule has 0 aliphatic heterocycles. The summed E-state index contributed by atoms with van der Waals surface area (Å²) in [4.78, 5) is 11.8. The summed E-state index contributed by atoms with van der Waals surface area (Å²) in [7, 11) is 0. The van der Waals surface area contributed by atoms with Crippen molar-refractivity contribution in [2.24, 2.45) is 5.10 Å². The van der Waals surface area contributed by atoms with Gasteiger partial charge in [-0.05, 0) is 25.3 Å². The molecule has 0 spiro atoms. The number of benzene rings is 2. The lowest BCUT2D eigenvalue weighted by Crippen LogP contribution is -2.26. The molecule has 0 fully saturated rings. The minimum atomic E-state index is 0.690. The van der Waals surface area contributed by atoms with Crippen LogP contribution in [0, 0.1) is 6.92 Å². The average Bonchev–Trinajstić information content (AvgIpc) is 2.74. The van der Waals surface area contributed by atoms with E-state index in [1.165, 1.54) is 5.56 Å². The maximum absolute atomic E-state index is 4.84. The van der Waals surface area contributed by atoms with Crippen molar-refractivity contribution in [1.82, 2.24) is 9.97 Å². The fraction of sp³-hybridized carbons (Fsp3) is 0.292. The predicted molar refractivity (Wildman–Crippen MR) is 123 cm³/mol. The fourth-order valence-corrected chi connectivity index (χ4v) is 3.17. The van der Waals surface area contributed by atoms with Gasteiger partial charge >= 0.3 is 0 Å². The summed E-state index contributed by atoms with van der Waals surface area (Å²) in [5.74, 6) is 2.32. The van der Waals surface area contributed by atoms with Crippen molar-refractivity contribution in [2.75, 3.05) is 23.4 Å². The maximum atomic E-state index is 4.84. The van der Waals surface area contributed by atoms with Gasteiger partial charge in [0.15, 0.2) is 11.6 Å². The lowest BCUT2D eigenvalue weighted by molar-refractivity contribution is 0.733. The molecular weight excluding hydrogens is 358 g/mol. The first-order valence-electron chi connectivity index (χ1n) is 10.2. The molecular formula is C24H29N5. The Morgan fingerprint density at radius 1 is 0.931 bits per heavy atom. The van der Waals surface area contributed by atoms with Crippen LogP contribution in [-0.4, -0.2) is 29.3 Å². The lowest BCUT2D eigenvalue weighted by atomic mass is 10.2. The summed E-state index contributed by atoms with van der Waals surface area (Å²) >= 11 is 0. The van der Waals surface area contributed by atoms with Gasteiger partial charge in [0.1, 0.15) is 5.82 Å². The van der Waals surface area contributed by atoms with Gasteiger partial charge in [-0.2, -0.15) is 5.10 Å². The molecule has 0 saturated carbocycles. The Balaban J connectivity index is 1.91. The Morgan fingerprint density at radius 3 is 2.38 bits per heavy atom. The number of anilines is 2. The van der Waals surface area contributed by atoms with Crippen LogP contribution in [0.25, 0.3) is 11.4 Å². The van der Waals surface area contributed by atoms with Crippen LogP contribution in [0.3, 0.4) is 0 Å². The molecule has 0 radical (unpaired) electrons. The van der Waals surface area contributed by atoms with E-state index in [2.05, 4.69) is 48.3 Å². The number of rotatable bonds is 9. The smallest absolute Gasteiger partial charge is 0.163 e. The molecule has 2 aromatic carbocycles. The summed E-state index contributed by atoms with van der Waals surface area (Å²) in [5, 5.41) is 4.40. The van der Waals surface area contributed by atoms with Gasteiger partial charge in [-0.25, -0.2) is 9.97 Å². The number of hydrazone groups is 1. The van der Waals surface area contributed by atoms with Crippen molar-refractivity contribution in [3.8, 4) is 11.4 Å². The van der Waals surface area contributed by atoms with E-state index < -0.39 is 0 Å². The van der Waals surface area contributed by atoms with E-state index >= 15 is 0 Å². The van der Waals surface area contributed by atoms with E-state index in [0.717, 1.165) is 42.9 Å². The Hall–Kier alpha value is -3.21. The van der Waals surface area contributed by atoms with Gasteiger partial charge in [0.05, 0.1) is 6.21 Å². The molecule has 0 aliphatic rings. The van der Waals surface area contributed by atoms with E-state index in [-0.39, 0.29) is 0 Å². The highest BCUT2D eigenvalue weighted by atomic mass is 15.3. The van der Waals surface area contributed by atoms with Crippen LogP contribution in [0.5, 0.6) is 0 Å². The monoisotopic (exact) mass is 387 g/mol. The second kappa shape index (κ2) is 10.4. The van der Waals surface area contributed by atoms with Crippen LogP contribution in [0.15, 0.2) is 65.8 Å². The molecule has 5 nitrogen and oxygen atoms in total. The van der Waals surface area contributed by atoms with E-state index in [1.807, 2.05) is 54.7 Å². The number of nitrogens with one attached hydrogen (secondary N) is 1. The summed E-state index contributed by atoms with van der Waals surface area (Å²) in [6.45, 7) is 8.38. The van der Waals surface area contributed by atoms with Gasteiger partial charge in [0.2, 0.25) is 0 Å². The highest BCUT2D eigenvalue weighted by Gasteiger charge is 2.12. The predicted octanol–water partition coefficient (Wildman–Crippen LogP) is 5.52. The highest BCUT2D eigenvalue weighted by molar-refractivity contribution is 5.80. The van der Waals surface area contributed by atoms with Crippen molar-refractivity contribution in [3.63, 3.8) is 0 Å². The van der Waals surface area contributed by atoms with Gasteiger partial charge in [-0.15, -0.1) is 0 Å². The Labute approximate surface area is 173 Å². The Bertz CT molecular complexity index is 931. The second-order valence-corrected chi connectivity index (χ2v) is 7.07. The van der Waals surface area contributed by atoms with Crippen molar-refractivity contribution in [1.29, 1.82) is 0 Å². The SMILES string of the molecule is CCCN(CCC)c1cc(N/N=C/c2cccc(C)c2)nc(-c2ccccc2)n1. The first-order chi connectivity index (χ1) is 14.2. The molecule has 5 heteroatoms. The molecule has 3 aromatic rings. The van der Waals surface area contributed by atoms with Crippen molar-refractivity contribution >= 4 is 17.9 Å². The minimum Gasteiger partial charge on any atom is -0.356 e. The molecule has 0 atom stereocenters. The molecule has 1 N–H and O–H groups in total. The number of aromatic nitrogens is 2. The molecule has 0 amide bonds. The van der Waals surface area contributed by atoms with Crippen molar-refractivity contribution in [3.05, 3.63) is 71.8 Å². The molecule has 1 heterocycles. The van der Waals surface area contributed by atoms with Crippen LogP contribution >= 0.6 is 0 Å². The van der Waals surface area contributed by atoms with Crippen LogP contribution in [0.2, 0.25) is 0 Å². The van der Waals surface area contributed by atoms with Gasteiger partial charge in [-0.3, -0.25) is 5.43 Å². The molecule has 0 saturated heterocycles. The Kier molecular flexibility index (Phi) is 7.34. The zero-order valence-electron chi connectivity index (χ0n) is 17.5. The largest absolute Gasteiger partial charge is 0.356 e. The van der Waals surface area contributed by atoms with Crippen LogP contribution in [0.4, 0.5) is 11.6 Å². The quantitative estimate of drug-likeness (QED) is 0.388. The van der Waals surface area contributed by atoms with Gasteiger partial charge < -0.3 is 4.90 Å². The number of nitrogens with zero attached hydrogens (tertiary/aromatic N) is 4. The molecule has 150 valence electrons. The first-order valence-corrected chi connectivity index (χ1v) is 10.2. The third kappa shape index (κ3) is 5.88. The zero-order chi connectivity index (χ0) is 20.5. The van der Waals surface area contributed by atoms with Crippen molar-refractivity contribution in [2.45, 2.75) is 33.6 Å². The number of aryl methyl sites for hydroxylation is 1. The summed E-state index contributed by atoms with van der Waals surface area (Å²) in [6.07, 6.45) is 3.95. The van der Waals surface area contributed by atoms with E-state index in [4.69, 9.17) is 9.97 Å². The standard InChI is InChI=1S/C24H29N5/c1-4-14-29(15-5-2)23-17-22(26-24(27-23)21-12-7-6-8-13-21)28-25-18-20-11-9-10-19(3)16-20/h6-13,16-18H,4-5,14-15H2,1-3H3,(H,26,27,28)/b25-18+. The summed E-state index contributed by atoms with van der Waals surface area (Å²) in [5.41, 5.74) is 6.34. The van der Waals surface area contributed by atoms with Gasteiger partial charge in [0, 0.05) is 24.7 Å². The third-order valence-corrected chi connectivity index (χ3v) is 4.49. The molecule has 0 bridgehead atoms.